The Hall–Kier alpha value is -3.28. The molecule has 2 aromatic rings. The molecule has 6 heteroatoms. The third-order valence-electron chi connectivity index (χ3n) is 10.3. The molecule has 0 spiro atoms. The van der Waals surface area contributed by atoms with Crippen molar-refractivity contribution in [2.24, 2.45) is 11.8 Å². The summed E-state index contributed by atoms with van der Waals surface area (Å²) in [6, 6.07) is 14.1. The molecule has 6 nitrogen and oxygen atoms in total. The Bertz CT molecular complexity index is 1340. The summed E-state index contributed by atoms with van der Waals surface area (Å²) >= 11 is 0. The molecule has 2 heterocycles. The van der Waals surface area contributed by atoms with Crippen LogP contribution in [-0.4, -0.2) is 23.9 Å². The van der Waals surface area contributed by atoms with Gasteiger partial charge < -0.3 is 9.47 Å². The molecule has 45 heavy (non-hydrogen) atoms. The predicted octanol–water partition coefficient (Wildman–Crippen LogP) is 8.77. The van der Waals surface area contributed by atoms with E-state index in [1.54, 1.807) is 0 Å². The van der Waals surface area contributed by atoms with Gasteiger partial charge in [-0.1, -0.05) is 138 Å². The molecule has 2 saturated heterocycles. The molecule has 3 aliphatic rings. The van der Waals surface area contributed by atoms with Crippen molar-refractivity contribution in [1.29, 1.82) is 0 Å². The van der Waals surface area contributed by atoms with Crippen LogP contribution in [0.2, 0.25) is 0 Å². The minimum atomic E-state index is -0.753. The van der Waals surface area contributed by atoms with Gasteiger partial charge in [0, 0.05) is 11.8 Å². The van der Waals surface area contributed by atoms with Crippen molar-refractivity contribution >= 4 is 23.9 Å². The van der Waals surface area contributed by atoms with Gasteiger partial charge in [0.15, 0.2) is 0 Å². The summed E-state index contributed by atoms with van der Waals surface area (Å²) in [4.78, 5) is 51.3. The number of unbranched alkanes of at least 4 members (excludes halogenated alkanes) is 13. The first-order valence-corrected chi connectivity index (χ1v) is 17.6. The normalized spacial score (nSPS) is 24.0. The number of hydrogen-bond donors (Lipinski definition) is 0. The monoisotopic (exact) mass is 614 g/mol. The molecular formula is C39H50O6. The number of carbonyl (C=O) groups excluding carboxylic acids is 4. The SMILES string of the molecule is CCCCCCCCCCCCCCCCc1ccc(C2C3C(=O)OC(=O)C3c3cc(C)ccc3C2C2CC(=O)OC2=O)cc1. The zero-order chi connectivity index (χ0) is 31.8. The number of cyclic esters (lactones) is 4. The van der Waals surface area contributed by atoms with Gasteiger partial charge in [-0.25, -0.2) is 0 Å². The summed E-state index contributed by atoms with van der Waals surface area (Å²) in [6.07, 6.45) is 19.6. The smallest absolute Gasteiger partial charge is 0.321 e. The highest BCUT2D eigenvalue weighted by atomic mass is 16.6. The van der Waals surface area contributed by atoms with E-state index in [1.807, 2.05) is 37.3 Å². The number of fused-ring (bicyclic) bond motifs is 3. The average molecular weight is 615 g/mol. The van der Waals surface area contributed by atoms with Gasteiger partial charge in [-0.2, -0.15) is 0 Å². The van der Waals surface area contributed by atoms with Crippen LogP contribution in [0.25, 0.3) is 0 Å². The Balaban J connectivity index is 1.17. The highest BCUT2D eigenvalue weighted by Crippen LogP contribution is 2.58. The maximum absolute atomic E-state index is 13.2. The van der Waals surface area contributed by atoms with E-state index in [1.165, 1.54) is 89.0 Å². The number of hydrogen-bond acceptors (Lipinski definition) is 6. The molecule has 0 bridgehead atoms. The highest BCUT2D eigenvalue weighted by Gasteiger charge is 2.59. The van der Waals surface area contributed by atoms with Crippen molar-refractivity contribution in [3.05, 3.63) is 70.3 Å². The molecule has 2 fully saturated rings. The maximum atomic E-state index is 13.2. The van der Waals surface area contributed by atoms with Crippen LogP contribution in [0.1, 0.15) is 149 Å². The summed E-state index contributed by atoms with van der Waals surface area (Å²) < 4.78 is 10.2. The fourth-order valence-electron chi connectivity index (χ4n) is 7.95. The minimum absolute atomic E-state index is 0.0368. The van der Waals surface area contributed by atoms with E-state index in [4.69, 9.17) is 9.47 Å². The number of benzene rings is 2. The van der Waals surface area contributed by atoms with Gasteiger partial charge >= 0.3 is 23.9 Å². The van der Waals surface area contributed by atoms with Crippen LogP contribution in [0.5, 0.6) is 0 Å². The average Bonchev–Trinajstić information content (AvgIpc) is 3.52. The second kappa shape index (κ2) is 15.8. The van der Waals surface area contributed by atoms with Gasteiger partial charge in [0.2, 0.25) is 0 Å². The molecule has 1 aliphatic carbocycles. The van der Waals surface area contributed by atoms with E-state index < -0.39 is 53.5 Å². The van der Waals surface area contributed by atoms with E-state index in [0.717, 1.165) is 35.1 Å². The summed E-state index contributed by atoms with van der Waals surface area (Å²) in [5.41, 5.74) is 4.61. The molecule has 242 valence electrons. The number of rotatable bonds is 17. The summed E-state index contributed by atoms with van der Waals surface area (Å²) in [7, 11) is 0. The number of carbonyl (C=O) groups is 4. The summed E-state index contributed by atoms with van der Waals surface area (Å²) in [5.74, 6) is -5.37. The predicted molar refractivity (Wildman–Crippen MR) is 174 cm³/mol. The molecule has 0 radical (unpaired) electrons. The third kappa shape index (κ3) is 7.93. The summed E-state index contributed by atoms with van der Waals surface area (Å²) in [6.45, 7) is 4.20. The topological polar surface area (TPSA) is 86.7 Å². The summed E-state index contributed by atoms with van der Waals surface area (Å²) in [5, 5.41) is 0. The standard InChI is InChI=1S/C39H50O6/c1-3-4-5-6-7-8-9-10-11-12-13-14-15-16-17-27-19-21-28(22-20-27)33-34(31-25-32(40)44-37(31)41)29-23-18-26(2)24-30(29)35-36(33)39(43)45-38(35)42/h18-24,31,33-36H,3-17,25H2,1-2H3. The van der Waals surface area contributed by atoms with Crippen molar-refractivity contribution in [3.8, 4) is 0 Å². The zero-order valence-corrected chi connectivity index (χ0v) is 27.2. The third-order valence-corrected chi connectivity index (χ3v) is 10.3. The van der Waals surface area contributed by atoms with Gasteiger partial charge in [-0.05, 0) is 42.0 Å². The second-order valence-corrected chi connectivity index (χ2v) is 13.6. The van der Waals surface area contributed by atoms with E-state index in [2.05, 4.69) is 19.1 Å². The van der Waals surface area contributed by atoms with Crippen LogP contribution in [0, 0.1) is 18.8 Å². The number of esters is 4. The second-order valence-electron chi connectivity index (χ2n) is 13.6. The molecule has 5 unspecified atom stereocenters. The molecule has 0 saturated carbocycles. The fraction of sp³-hybridized carbons (Fsp3) is 0.590. The molecule has 5 atom stereocenters. The van der Waals surface area contributed by atoms with Crippen LogP contribution >= 0.6 is 0 Å². The number of aryl methyl sites for hydroxylation is 2. The Kier molecular flexibility index (Phi) is 11.6. The van der Waals surface area contributed by atoms with Crippen molar-refractivity contribution in [2.45, 2.75) is 134 Å². The van der Waals surface area contributed by atoms with Crippen LogP contribution in [0.4, 0.5) is 0 Å². The largest absolute Gasteiger partial charge is 0.393 e. The first-order valence-electron chi connectivity index (χ1n) is 17.6. The van der Waals surface area contributed by atoms with Gasteiger partial charge in [0.25, 0.3) is 0 Å². The lowest BCUT2D eigenvalue weighted by atomic mass is 9.59. The molecule has 0 N–H and O–H groups in total. The molecular weight excluding hydrogens is 564 g/mol. The first kappa shape index (κ1) is 33.1. The highest BCUT2D eigenvalue weighted by molar-refractivity contribution is 6.02. The first-order chi connectivity index (χ1) is 21.9. The van der Waals surface area contributed by atoms with E-state index in [-0.39, 0.29) is 6.42 Å². The van der Waals surface area contributed by atoms with Gasteiger partial charge in [0.05, 0.1) is 24.2 Å². The van der Waals surface area contributed by atoms with Gasteiger partial charge in [0.1, 0.15) is 0 Å². The fourth-order valence-corrected chi connectivity index (χ4v) is 7.95. The Morgan fingerprint density at radius 2 is 1.20 bits per heavy atom. The van der Waals surface area contributed by atoms with Crippen LogP contribution in [-0.2, 0) is 35.1 Å². The minimum Gasteiger partial charge on any atom is -0.393 e. The molecule has 5 rings (SSSR count). The van der Waals surface area contributed by atoms with Crippen LogP contribution < -0.4 is 0 Å². The maximum Gasteiger partial charge on any atom is 0.321 e. The molecule has 2 aliphatic heterocycles. The lowest BCUT2D eigenvalue weighted by Gasteiger charge is -2.40. The van der Waals surface area contributed by atoms with Crippen molar-refractivity contribution in [2.75, 3.05) is 0 Å². The molecule has 0 aromatic heterocycles. The van der Waals surface area contributed by atoms with E-state index in [0.29, 0.717) is 0 Å². The lowest BCUT2D eigenvalue weighted by Crippen LogP contribution is -2.38. The van der Waals surface area contributed by atoms with Crippen LogP contribution in [0.15, 0.2) is 42.5 Å². The van der Waals surface area contributed by atoms with E-state index >= 15 is 0 Å². The van der Waals surface area contributed by atoms with Crippen molar-refractivity contribution in [1.82, 2.24) is 0 Å². The van der Waals surface area contributed by atoms with Crippen LogP contribution in [0.3, 0.4) is 0 Å². The number of ether oxygens (including phenoxy) is 2. The Labute approximate surface area is 268 Å². The molecule has 2 aromatic carbocycles. The van der Waals surface area contributed by atoms with Gasteiger partial charge in [-0.15, -0.1) is 0 Å². The lowest BCUT2D eigenvalue weighted by molar-refractivity contribution is -0.155. The zero-order valence-electron chi connectivity index (χ0n) is 27.2. The quantitative estimate of drug-likeness (QED) is 0.101. The Morgan fingerprint density at radius 3 is 1.78 bits per heavy atom. The van der Waals surface area contributed by atoms with E-state index in [9.17, 15) is 19.2 Å². The molecule has 0 amide bonds. The van der Waals surface area contributed by atoms with Crippen molar-refractivity contribution in [3.63, 3.8) is 0 Å². The Morgan fingerprint density at radius 1 is 0.600 bits per heavy atom. The van der Waals surface area contributed by atoms with Crippen molar-refractivity contribution < 1.29 is 28.7 Å². The van der Waals surface area contributed by atoms with Gasteiger partial charge in [-0.3, -0.25) is 19.2 Å².